The standard InChI is InChI=1S/C17H22FNO3/c1-21-14-4-2-3-13(16(14)18)5-6-15(20)19-9-10-22-12-17(11-19)7-8-17/h2-4H,5-12H2,1H3. The Labute approximate surface area is 130 Å². The summed E-state index contributed by atoms with van der Waals surface area (Å²) in [7, 11) is 1.44. The van der Waals surface area contributed by atoms with E-state index >= 15 is 0 Å². The van der Waals surface area contributed by atoms with Crippen molar-refractivity contribution in [3.8, 4) is 5.75 Å². The first kappa shape index (κ1) is 15.3. The molecule has 1 saturated carbocycles. The van der Waals surface area contributed by atoms with Gasteiger partial charge in [-0.15, -0.1) is 0 Å². The molecule has 5 heteroatoms. The number of nitrogens with zero attached hydrogens (tertiary/aromatic N) is 1. The molecule has 1 aliphatic carbocycles. The number of methoxy groups -OCH3 is 1. The summed E-state index contributed by atoms with van der Waals surface area (Å²) in [5.74, 6) is -0.0558. The zero-order chi connectivity index (χ0) is 15.6. The van der Waals surface area contributed by atoms with Crippen molar-refractivity contribution in [2.75, 3.05) is 33.4 Å². The van der Waals surface area contributed by atoms with Crippen LogP contribution in [0.25, 0.3) is 0 Å². The molecule has 22 heavy (non-hydrogen) atoms. The molecule has 1 aliphatic heterocycles. The van der Waals surface area contributed by atoms with Crippen LogP contribution < -0.4 is 4.74 Å². The van der Waals surface area contributed by atoms with E-state index in [0.29, 0.717) is 31.6 Å². The van der Waals surface area contributed by atoms with Gasteiger partial charge in [0, 0.05) is 24.9 Å². The zero-order valence-electron chi connectivity index (χ0n) is 12.9. The van der Waals surface area contributed by atoms with Crippen molar-refractivity contribution in [2.45, 2.75) is 25.7 Å². The molecule has 2 fully saturated rings. The normalized spacial score (nSPS) is 19.8. The molecule has 0 aromatic heterocycles. The number of rotatable bonds is 4. The van der Waals surface area contributed by atoms with Gasteiger partial charge in [-0.1, -0.05) is 12.1 Å². The van der Waals surface area contributed by atoms with Crippen molar-refractivity contribution < 1.29 is 18.7 Å². The highest BCUT2D eigenvalue weighted by molar-refractivity contribution is 5.76. The third-order valence-corrected chi connectivity index (χ3v) is 4.62. The molecule has 0 bridgehead atoms. The lowest BCUT2D eigenvalue weighted by Crippen LogP contribution is -2.36. The number of aryl methyl sites for hydroxylation is 1. The topological polar surface area (TPSA) is 38.8 Å². The van der Waals surface area contributed by atoms with Crippen LogP contribution in [0.5, 0.6) is 5.75 Å². The van der Waals surface area contributed by atoms with Crippen LogP contribution in [0.1, 0.15) is 24.8 Å². The maximum atomic E-state index is 14.1. The molecule has 0 atom stereocenters. The van der Waals surface area contributed by atoms with Gasteiger partial charge in [0.1, 0.15) is 0 Å². The van der Waals surface area contributed by atoms with E-state index in [1.165, 1.54) is 7.11 Å². The highest BCUT2D eigenvalue weighted by Crippen LogP contribution is 2.47. The minimum Gasteiger partial charge on any atom is -0.494 e. The van der Waals surface area contributed by atoms with Crippen molar-refractivity contribution in [1.29, 1.82) is 0 Å². The van der Waals surface area contributed by atoms with Crippen molar-refractivity contribution in [2.24, 2.45) is 5.41 Å². The van der Waals surface area contributed by atoms with Crippen LogP contribution in [0, 0.1) is 11.2 Å². The smallest absolute Gasteiger partial charge is 0.223 e. The molecule has 0 N–H and O–H groups in total. The van der Waals surface area contributed by atoms with Crippen molar-refractivity contribution >= 4 is 5.91 Å². The number of hydrogen-bond donors (Lipinski definition) is 0. The minimum atomic E-state index is -0.365. The fraction of sp³-hybridized carbons (Fsp3) is 0.588. The third kappa shape index (κ3) is 3.24. The van der Waals surface area contributed by atoms with Crippen LogP contribution in [0.2, 0.25) is 0 Å². The number of hydrogen-bond acceptors (Lipinski definition) is 3. The molecule has 1 aromatic carbocycles. The van der Waals surface area contributed by atoms with Gasteiger partial charge in [-0.2, -0.15) is 0 Å². The van der Waals surface area contributed by atoms with Crippen LogP contribution in [-0.2, 0) is 16.0 Å². The Morgan fingerprint density at radius 3 is 3.00 bits per heavy atom. The van der Waals surface area contributed by atoms with Gasteiger partial charge >= 0.3 is 0 Å². The van der Waals surface area contributed by atoms with Gasteiger partial charge in [-0.25, -0.2) is 4.39 Å². The number of amides is 1. The molecule has 1 amide bonds. The van der Waals surface area contributed by atoms with Crippen LogP contribution in [0.4, 0.5) is 4.39 Å². The Kier molecular flexibility index (Phi) is 4.34. The van der Waals surface area contributed by atoms with E-state index in [-0.39, 0.29) is 22.9 Å². The second-order valence-electron chi connectivity index (χ2n) is 6.30. The van der Waals surface area contributed by atoms with E-state index in [0.717, 1.165) is 26.0 Å². The predicted octanol–water partition coefficient (Wildman–Crippen LogP) is 2.41. The summed E-state index contributed by atoms with van der Waals surface area (Å²) >= 11 is 0. The second-order valence-corrected chi connectivity index (χ2v) is 6.30. The van der Waals surface area contributed by atoms with E-state index in [2.05, 4.69) is 0 Å². The predicted molar refractivity (Wildman–Crippen MR) is 80.3 cm³/mol. The summed E-state index contributed by atoms with van der Waals surface area (Å²) in [6.07, 6.45) is 3.00. The van der Waals surface area contributed by atoms with Crippen molar-refractivity contribution in [3.05, 3.63) is 29.6 Å². The number of carbonyl (C=O) groups excluding carboxylic acids is 1. The van der Waals surface area contributed by atoms with Crippen molar-refractivity contribution in [1.82, 2.24) is 4.90 Å². The molecular formula is C17H22FNO3. The SMILES string of the molecule is COc1cccc(CCC(=O)N2CCOCC3(CC3)C2)c1F. The van der Waals surface area contributed by atoms with Crippen LogP contribution >= 0.6 is 0 Å². The molecule has 120 valence electrons. The molecule has 3 rings (SSSR count). The Hall–Kier alpha value is -1.62. The second kappa shape index (κ2) is 6.24. The molecule has 1 aromatic rings. The lowest BCUT2D eigenvalue weighted by Gasteiger charge is -2.23. The average molecular weight is 307 g/mol. The summed E-state index contributed by atoms with van der Waals surface area (Å²) in [5, 5.41) is 0. The van der Waals surface area contributed by atoms with Gasteiger partial charge in [-0.3, -0.25) is 4.79 Å². The highest BCUT2D eigenvalue weighted by Gasteiger charge is 2.46. The van der Waals surface area contributed by atoms with Crippen LogP contribution in [-0.4, -0.2) is 44.2 Å². The molecular weight excluding hydrogens is 285 g/mol. The molecule has 2 aliphatic rings. The van der Waals surface area contributed by atoms with Gasteiger partial charge in [0.2, 0.25) is 5.91 Å². The molecule has 4 nitrogen and oxygen atoms in total. The molecule has 1 spiro atoms. The maximum absolute atomic E-state index is 14.1. The van der Waals surface area contributed by atoms with E-state index in [9.17, 15) is 9.18 Å². The Morgan fingerprint density at radius 1 is 1.45 bits per heavy atom. The van der Waals surface area contributed by atoms with Crippen LogP contribution in [0.15, 0.2) is 18.2 Å². The van der Waals surface area contributed by atoms with Gasteiger partial charge in [-0.05, 0) is 30.9 Å². The maximum Gasteiger partial charge on any atom is 0.223 e. The summed E-state index contributed by atoms with van der Waals surface area (Å²) < 4.78 is 24.7. The zero-order valence-corrected chi connectivity index (χ0v) is 12.9. The quantitative estimate of drug-likeness (QED) is 0.857. The highest BCUT2D eigenvalue weighted by atomic mass is 19.1. The fourth-order valence-electron chi connectivity index (χ4n) is 2.99. The first-order valence-corrected chi connectivity index (χ1v) is 7.80. The molecule has 0 radical (unpaired) electrons. The molecule has 1 saturated heterocycles. The lowest BCUT2D eigenvalue weighted by atomic mass is 10.1. The first-order chi connectivity index (χ1) is 10.6. The Balaban J connectivity index is 1.60. The minimum absolute atomic E-state index is 0.0824. The van der Waals surface area contributed by atoms with E-state index in [1.54, 1.807) is 18.2 Å². The summed E-state index contributed by atoms with van der Waals surface area (Å²) in [5.41, 5.74) is 0.729. The number of benzene rings is 1. The van der Waals surface area contributed by atoms with Gasteiger partial charge in [0.15, 0.2) is 11.6 Å². The molecule has 0 unspecified atom stereocenters. The largest absolute Gasteiger partial charge is 0.494 e. The van der Waals surface area contributed by atoms with Crippen molar-refractivity contribution in [3.63, 3.8) is 0 Å². The Morgan fingerprint density at radius 2 is 2.27 bits per heavy atom. The lowest BCUT2D eigenvalue weighted by molar-refractivity contribution is -0.131. The van der Waals surface area contributed by atoms with Gasteiger partial charge in [0.25, 0.3) is 0 Å². The summed E-state index contributed by atoms with van der Waals surface area (Å²) in [6, 6.07) is 5.05. The summed E-state index contributed by atoms with van der Waals surface area (Å²) in [4.78, 5) is 14.3. The Bertz CT molecular complexity index is 557. The van der Waals surface area contributed by atoms with Gasteiger partial charge < -0.3 is 14.4 Å². The average Bonchev–Trinajstić information content (AvgIpc) is 3.32. The first-order valence-electron chi connectivity index (χ1n) is 7.80. The number of halogens is 1. The van der Waals surface area contributed by atoms with E-state index < -0.39 is 0 Å². The van der Waals surface area contributed by atoms with Crippen LogP contribution in [0.3, 0.4) is 0 Å². The third-order valence-electron chi connectivity index (χ3n) is 4.62. The number of ether oxygens (including phenoxy) is 2. The monoisotopic (exact) mass is 307 g/mol. The van der Waals surface area contributed by atoms with Gasteiger partial charge in [0.05, 0.1) is 20.3 Å². The summed E-state index contributed by atoms with van der Waals surface area (Å²) in [6.45, 7) is 2.79. The van der Waals surface area contributed by atoms with E-state index in [1.807, 2.05) is 4.90 Å². The van der Waals surface area contributed by atoms with E-state index in [4.69, 9.17) is 9.47 Å². The fourth-order valence-corrected chi connectivity index (χ4v) is 2.99. The number of carbonyl (C=O) groups is 1. The molecule has 1 heterocycles.